The predicted molar refractivity (Wildman–Crippen MR) is 87.1 cm³/mol. The van der Waals surface area contributed by atoms with Crippen LogP contribution in [0.5, 0.6) is 11.5 Å². The molecule has 3 rings (SSSR count). The molecule has 22 heavy (non-hydrogen) atoms. The van der Waals surface area contributed by atoms with Crippen molar-refractivity contribution in [3.63, 3.8) is 0 Å². The average molecular weight is 322 g/mol. The van der Waals surface area contributed by atoms with Crippen molar-refractivity contribution in [1.82, 2.24) is 0 Å². The smallest absolute Gasteiger partial charge is 0.304 e. The van der Waals surface area contributed by atoms with E-state index in [2.05, 4.69) is 0 Å². The van der Waals surface area contributed by atoms with Crippen molar-refractivity contribution in [2.45, 2.75) is 43.6 Å². The molecule has 5 heteroatoms. The average Bonchev–Trinajstić information content (AvgIpc) is 3.28. The van der Waals surface area contributed by atoms with Crippen molar-refractivity contribution in [3.05, 3.63) is 23.8 Å². The van der Waals surface area contributed by atoms with Crippen LogP contribution < -0.4 is 9.47 Å². The van der Waals surface area contributed by atoms with Gasteiger partial charge in [0.15, 0.2) is 11.5 Å². The minimum absolute atomic E-state index is 0.159. The van der Waals surface area contributed by atoms with Crippen LogP contribution in [-0.4, -0.2) is 35.8 Å². The fourth-order valence-corrected chi connectivity index (χ4v) is 4.24. The van der Waals surface area contributed by atoms with Crippen LogP contribution in [0.15, 0.2) is 18.2 Å². The number of benzene rings is 1. The molecule has 1 N–H and O–H groups in total. The number of carboxylic acids is 1. The normalized spacial score (nSPS) is 22.9. The molecule has 1 saturated carbocycles. The first-order valence-corrected chi connectivity index (χ1v) is 8.94. The first-order chi connectivity index (χ1) is 10.6. The predicted octanol–water partition coefficient (Wildman–Crippen LogP) is 3.48. The summed E-state index contributed by atoms with van der Waals surface area (Å²) >= 11 is 1.92. The Morgan fingerprint density at radius 2 is 2.27 bits per heavy atom. The number of para-hydroxylation sites is 1. The number of hydrogen-bond acceptors (Lipinski definition) is 4. The molecule has 4 nitrogen and oxygen atoms in total. The maximum absolute atomic E-state index is 11.2. The van der Waals surface area contributed by atoms with E-state index >= 15 is 0 Å². The number of carbonyl (C=O) groups is 1. The van der Waals surface area contributed by atoms with Gasteiger partial charge in [-0.1, -0.05) is 12.1 Å². The van der Waals surface area contributed by atoms with Crippen molar-refractivity contribution in [2.75, 3.05) is 18.6 Å². The third kappa shape index (κ3) is 3.19. The van der Waals surface area contributed by atoms with E-state index in [1.807, 2.05) is 30.0 Å². The van der Waals surface area contributed by atoms with E-state index in [0.717, 1.165) is 42.1 Å². The van der Waals surface area contributed by atoms with Crippen molar-refractivity contribution in [1.29, 1.82) is 0 Å². The number of carboxylic acid groups (broad SMARTS) is 1. The molecule has 1 unspecified atom stereocenters. The van der Waals surface area contributed by atoms with Gasteiger partial charge < -0.3 is 14.6 Å². The lowest BCUT2D eigenvalue weighted by molar-refractivity contribution is -0.137. The maximum atomic E-state index is 11.2. The zero-order valence-corrected chi connectivity index (χ0v) is 13.7. The molecule has 1 aliphatic heterocycles. The highest BCUT2D eigenvalue weighted by Gasteiger charge is 2.48. The number of aliphatic carboxylic acids is 1. The molecule has 0 spiro atoms. The fourth-order valence-electron chi connectivity index (χ4n) is 3.20. The van der Waals surface area contributed by atoms with Crippen molar-refractivity contribution >= 4 is 17.7 Å². The summed E-state index contributed by atoms with van der Waals surface area (Å²) in [6.45, 7) is 0. The summed E-state index contributed by atoms with van der Waals surface area (Å²) < 4.78 is 11.8. The molecule has 0 amide bonds. The molecule has 1 saturated heterocycles. The summed E-state index contributed by atoms with van der Waals surface area (Å²) in [5.74, 6) is 2.93. The summed E-state index contributed by atoms with van der Waals surface area (Å²) in [6, 6.07) is 5.86. The molecule has 2 fully saturated rings. The molecule has 0 radical (unpaired) electrons. The van der Waals surface area contributed by atoms with Gasteiger partial charge in [-0.05, 0) is 37.5 Å². The van der Waals surface area contributed by atoms with Gasteiger partial charge in [0.25, 0.3) is 0 Å². The van der Waals surface area contributed by atoms with Gasteiger partial charge in [-0.15, -0.1) is 0 Å². The Morgan fingerprint density at radius 1 is 1.45 bits per heavy atom. The van der Waals surface area contributed by atoms with Crippen LogP contribution >= 0.6 is 11.8 Å². The number of rotatable bonds is 6. The van der Waals surface area contributed by atoms with E-state index in [9.17, 15) is 4.79 Å². The zero-order chi connectivity index (χ0) is 15.6. The van der Waals surface area contributed by atoms with Gasteiger partial charge in [-0.3, -0.25) is 4.79 Å². The quantitative estimate of drug-likeness (QED) is 0.869. The van der Waals surface area contributed by atoms with Crippen molar-refractivity contribution in [2.24, 2.45) is 0 Å². The van der Waals surface area contributed by atoms with Crippen LogP contribution in [0.1, 0.15) is 37.7 Å². The minimum Gasteiger partial charge on any atom is -0.493 e. The highest BCUT2D eigenvalue weighted by atomic mass is 32.2. The molecular formula is C17H22O4S. The standard InChI is InChI=1S/C17H22O4S/c1-20-16-13(17(7-8-17)10-15(18)19)5-2-6-14(16)21-12-4-3-9-22-11-12/h2,5-6,12H,3-4,7-11H2,1H3,(H,18,19). The monoisotopic (exact) mass is 322 g/mol. The summed E-state index contributed by atoms with van der Waals surface area (Å²) in [5.41, 5.74) is 0.719. The van der Waals surface area contributed by atoms with E-state index in [1.54, 1.807) is 7.11 Å². The van der Waals surface area contributed by atoms with Crippen LogP contribution in [0.2, 0.25) is 0 Å². The minimum atomic E-state index is -0.755. The van der Waals surface area contributed by atoms with Gasteiger partial charge in [0.2, 0.25) is 0 Å². The Kier molecular flexibility index (Phi) is 4.52. The van der Waals surface area contributed by atoms with Gasteiger partial charge >= 0.3 is 5.97 Å². The molecular weight excluding hydrogens is 300 g/mol. The Labute approximate surface area is 135 Å². The van der Waals surface area contributed by atoms with E-state index in [4.69, 9.17) is 14.6 Å². The Bertz CT molecular complexity index is 548. The van der Waals surface area contributed by atoms with Gasteiger partial charge in [0.1, 0.15) is 6.10 Å². The van der Waals surface area contributed by atoms with Crippen molar-refractivity contribution in [3.8, 4) is 11.5 Å². The van der Waals surface area contributed by atoms with Crippen LogP contribution in [0.4, 0.5) is 0 Å². The van der Waals surface area contributed by atoms with Crippen LogP contribution in [-0.2, 0) is 10.2 Å². The summed E-state index contributed by atoms with van der Waals surface area (Å²) in [4.78, 5) is 11.2. The van der Waals surface area contributed by atoms with E-state index in [1.165, 1.54) is 12.2 Å². The van der Waals surface area contributed by atoms with Crippen LogP contribution in [0, 0.1) is 0 Å². The SMILES string of the molecule is COc1c(OC2CCCSC2)cccc1C1(CC(=O)O)CC1. The number of hydrogen-bond donors (Lipinski definition) is 1. The van der Waals surface area contributed by atoms with E-state index < -0.39 is 5.97 Å². The molecule has 1 heterocycles. The third-order valence-corrected chi connectivity index (χ3v) is 5.69. The maximum Gasteiger partial charge on any atom is 0.304 e. The first kappa shape index (κ1) is 15.5. The Balaban J connectivity index is 1.85. The number of methoxy groups -OCH3 is 1. The molecule has 0 aromatic heterocycles. The van der Waals surface area contributed by atoms with E-state index in [0.29, 0.717) is 0 Å². The summed E-state index contributed by atoms with van der Waals surface area (Å²) in [5, 5.41) is 9.17. The molecule has 1 aromatic rings. The highest BCUT2D eigenvalue weighted by Crippen LogP contribution is 2.55. The highest BCUT2D eigenvalue weighted by molar-refractivity contribution is 7.99. The zero-order valence-electron chi connectivity index (χ0n) is 12.8. The second kappa shape index (κ2) is 6.41. The number of ether oxygens (including phenoxy) is 2. The largest absolute Gasteiger partial charge is 0.493 e. The van der Waals surface area contributed by atoms with Crippen LogP contribution in [0.3, 0.4) is 0 Å². The molecule has 0 bridgehead atoms. The summed E-state index contributed by atoms with van der Waals surface area (Å²) in [7, 11) is 1.64. The second-order valence-corrected chi connectivity index (χ2v) is 7.29. The molecule has 2 aliphatic rings. The van der Waals surface area contributed by atoms with Crippen molar-refractivity contribution < 1.29 is 19.4 Å². The van der Waals surface area contributed by atoms with Gasteiger partial charge in [0.05, 0.1) is 13.5 Å². The Hall–Kier alpha value is -1.36. The molecule has 1 atom stereocenters. The summed E-state index contributed by atoms with van der Waals surface area (Å²) in [6.07, 6.45) is 4.43. The fraction of sp³-hybridized carbons (Fsp3) is 0.588. The molecule has 1 aromatic carbocycles. The molecule has 120 valence electrons. The van der Waals surface area contributed by atoms with Crippen LogP contribution in [0.25, 0.3) is 0 Å². The topological polar surface area (TPSA) is 55.8 Å². The lowest BCUT2D eigenvalue weighted by Crippen LogP contribution is -2.24. The van der Waals surface area contributed by atoms with Gasteiger partial charge in [-0.2, -0.15) is 11.8 Å². The third-order valence-electron chi connectivity index (χ3n) is 4.51. The lowest BCUT2D eigenvalue weighted by Gasteiger charge is -2.25. The Morgan fingerprint density at radius 3 is 2.86 bits per heavy atom. The first-order valence-electron chi connectivity index (χ1n) is 7.78. The number of thioether (sulfide) groups is 1. The molecule has 1 aliphatic carbocycles. The lowest BCUT2D eigenvalue weighted by atomic mass is 9.91. The second-order valence-electron chi connectivity index (χ2n) is 6.14. The van der Waals surface area contributed by atoms with E-state index in [-0.39, 0.29) is 17.9 Å². The van der Waals surface area contributed by atoms with Gasteiger partial charge in [0, 0.05) is 16.7 Å². The van der Waals surface area contributed by atoms with Gasteiger partial charge in [-0.25, -0.2) is 0 Å².